The third-order valence-electron chi connectivity index (χ3n) is 5.37. The van der Waals surface area contributed by atoms with E-state index in [-0.39, 0.29) is 18.2 Å². The zero-order chi connectivity index (χ0) is 24.0. The van der Waals surface area contributed by atoms with Crippen LogP contribution in [0.3, 0.4) is 0 Å². The SMILES string of the molecule is CC(C)C(NC(=O)c1c(F)cccc1F)C(=O)Nc1ccc(CC(=O)N2CCSCC2)cc1. The van der Waals surface area contributed by atoms with Gasteiger partial charge in [0.25, 0.3) is 5.91 Å². The molecule has 1 saturated heterocycles. The zero-order valence-corrected chi connectivity index (χ0v) is 19.4. The lowest BCUT2D eigenvalue weighted by Crippen LogP contribution is -2.47. The summed E-state index contributed by atoms with van der Waals surface area (Å²) in [6.45, 7) is 4.96. The summed E-state index contributed by atoms with van der Waals surface area (Å²) in [6.07, 6.45) is 0.289. The van der Waals surface area contributed by atoms with Crippen molar-refractivity contribution in [2.75, 3.05) is 29.9 Å². The number of carbonyl (C=O) groups excluding carboxylic acids is 3. The van der Waals surface area contributed by atoms with Crippen LogP contribution >= 0.6 is 11.8 Å². The molecule has 3 rings (SSSR count). The first-order valence-corrected chi connectivity index (χ1v) is 11.9. The van der Waals surface area contributed by atoms with Gasteiger partial charge in [0.05, 0.1) is 6.42 Å². The first-order chi connectivity index (χ1) is 15.8. The van der Waals surface area contributed by atoms with E-state index in [1.807, 2.05) is 16.7 Å². The predicted molar refractivity (Wildman–Crippen MR) is 125 cm³/mol. The van der Waals surface area contributed by atoms with E-state index in [1.54, 1.807) is 38.1 Å². The Balaban J connectivity index is 1.62. The minimum Gasteiger partial charge on any atom is -0.341 e. The normalized spacial score (nSPS) is 14.6. The van der Waals surface area contributed by atoms with E-state index in [4.69, 9.17) is 0 Å². The average Bonchev–Trinajstić information content (AvgIpc) is 2.79. The maximum absolute atomic E-state index is 13.9. The molecule has 0 aromatic heterocycles. The van der Waals surface area contributed by atoms with E-state index >= 15 is 0 Å². The number of anilines is 1. The highest BCUT2D eigenvalue weighted by molar-refractivity contribution is 7.99. The van der Waals surface area contributed by atoms with E-state index in [2.05, 4.69) is 10.6 Å². The van der Waals surface area contributed by atoms with Crippen molar-refractivity contribution in [2.24, 2.45) is 5.92 Å². The number of thioether (sulfide) groups is 1. The van der Waals surface area contributed by atoms with Gasteiger partial charge in [0.1, 0.15) is 23.2 Å². The lowest BCUT2D eigenvalue weighted by atomic mass is 10.0. The van der Waals surface area contributed by atoms with Crippen LogP contribution in [0.5, 0.6) is 0 Å². The molecule has 2 N–H and O–H groups in total. The molecule has 0 radical (unpaired) electrons. The van der Waals surface area contributed by atoms with Gasteiger partial charge in [-0.2, -0.15) is 11.8 Å². The molecular weight excluding hydrogens is 448 g/mol. The molecule has 33 heavy (non-hydrogen) atoms. The van der Waals surface area contributed by atoms with Gasteiger partial charge in [-0.15, -0.1) is 0 Å². The quantitative estimate of drug-likeness (QED) is 0.643. The second kappa shape index (κ2) is 11.3. The van der Waals surface area contributed by atoms with Gasteiger partial charge in [0.2, 0.25) is 11.8 Å². The molecule has 0 saturated carbocycles. The van der Waals surface area contributed by atoms with Crippen LogP contribution in [0.4, 0.5) is 14.5 Å². The summed E-state index contributed by atoms with van der Waals surface area (Å²) >= 11 is 1.84. The average molecular weight is 476 g/mol. The minimum absolute atomic E-state index is 0.0787. The maximum atomic E-state index is 13.9. The van der Waals surface area contributed by atoms with Crippen LogP contribution in [0, 0.1) is 17.6 Å². The number of nitrogens with zero attached hydrogens (tertiary/aromatic N) is 1. The molecule has 0 bridgehead atoms. The number of amides is 3. The fourth-order valence-electron chi connectivity index (χ4n) is 3.49. The lowest BCUT2D eigenvalue weighted by Gasteiger charge is -2.26. The van der Waals surface area contributed by atoms with Crippen molar-refractivity contribution in [1.82, 2.24) is 10.2 Å². The molecule has 1 atom stereocenters. The van der Waals surface area contributed by atoms with Crippen LogP contribution < -0.4 is 10.6 Å². The van der Waals surface area contributed by atoms with Gasteiger partial charge in [-0.05, 0) is 35.7 Å². The Morgan fingerprint density at radius 2 is 1.61 bits per heavy atom. The number of benzene rings is 2. The van der Waals surface area contributed by atoms with Crippen molar-refractivity contribution < 1.29 is 23.2 Å². The standard InChI is InChI=1S/C24H27F2N3O3S/c1-15(2)22(28-23(31)21-18(25)4-3-5-19(21)26)24(32)27-17-8-6-16(7-9-17)14-20(30)29-10-12-33-13-11-29/h3-9,15,22H,10-14H2,1-2H3,(H,27,32)(H,28,31). The minimum atomic E-state index is -1.00. The third-order valence-corrected chi connectivity index (χ3v) is 6.31. The molecule has 9 heteroatoms. The number of halogens is 2. The van der Waals surface area contributed by atoms with Crippen molar-refractivity contribution in [3.05, 3.63) is 65.2 Å². The van der Waals surface area contributed by atoms with E-state index in [9.17, 15) is 23.2 Å². The Bertz CT molecular complexity index is 988. The van der Waals surface area contributed by atoms with Gasteiger partial charge in [-0.1, -0.05) is 32.0 Å². The van der Waals surface area contributed by atoms with Gasteiger partial charge in [-0.3, -0.25) is 14.4 Å². The number of nitrogens with one attached hydrogen (secondary N) is 2. The monoisotopic (exact) mass is 475 g/mol. The van der Waals surface area contributed by atoms with Gasteiger partial charge in [-0.25, -0.2) is 8.78 Å². The van der Waals surface area contributed by atoms with Crippen LogP contribution in [-0.4, -0.2) is 53.3 Å². The summed E-state index contributed by atoms with van der Waals surface area (Å²) in [6, 6.07) is 9.03. The number of hydrogen-bond acceptors (Lipinski definition) is 4. The Hall–Kier alpha value is -2.94. The van der Waals surface area contributed by atoms with Crippen LogP contribution in [0.2, 0.25) is 0 Å². The lowest BCUT2D eigenvalue weighted by molar-refractivity contribution is -0.130. The van der Waals surface area contributed by atoms with Crippen molar-refractivity contribution in [1.29, 1.82) is 0 Å². The van der Waals surface area contributed by atoms with E-state index < -0.39 is 35.1 Å². The first kappa shape index (κ1) is 24.7. The highest BCUT2D eigenvalue weighted by Gasteiger charge is 2.27. The molecule has 176 valence electrons. The van der Waals surface area contributed by atoms with Gasteiger partial charge >= 0.3 is 0 Å². The predicted octanol–water partition coefficient (Wildman–Crippen LogP) is 3.48. The number of rotatable bonds is 7. The van der Waals surface area contributed by atoms with Gasteiger partial charge in [0.15, 0.2) is 0 Å². The van der Waals surface area contributed by atoms with E-state index in [0.29, 0.717) is 5.69 Å². The van der Waals surface area contributed by atoms with Crippen LogP contribution in [0.25, 0.3) is 0 Å². The number of hydrogen-bond donors (Lipinski definition) is 2. The molecule has 6 nitrogen and oxygen atoms in total. The second-order valence-corrected chi connectivity index (χ2v) is 9.37. The Kier molecular flexibility index (Phi) is 8.43. The molecule has 0 spiro atoms. The van der Waals surface area contributed by atoms with Gasteiger partial charge < -0.3 is 15.5 Å². The summed E-state index contributed by atoms with van der Waals surface area (Å²) in [7, 11) is 0. The Labute approximate surface area is 196 Å². The second-order valence-electron chi connectivity index (χ2n) is 8.15. The van der Waals surface area contributed by atoms with E-state index in [0.717, 1.165) is 48.4 Å². The van der Waals surface area contributed by atoms with Gasteiger partial charge in [0, 0.05) is 30.3 Å². The largest absolute Gasteiger partial charge is 0.341 e. The summed E-state index contributed by atoms with van der Waals surface area (Å²) in [4.78, 5) is 39.5. The molecule has 1 fully saturated rings. The smallest absolute Gasteiger partial charge is 0.257 e. The van der Waals surface area contributed by atoms with Crippen LogP contribution in [0.15, 0.2) is 42.5 Å². The van der Waals surface area contributed by atoms with Crippen molar-refractivity contribution in [2.45, 2.75) is 26.3 Å². The van der Waals surface area contributed by atoms with Crippen molar-refractivity contribution in [3.8, 4) is 0 Å². The third kappa shape index (κ3) is 6.54. The molecule has 1 unspecified atom stereocenters. The van der Waals surface area contributed by atoms with Crippen LogP contribution in [-0.2, 0) is 16.0 Å². The molecular formula is C24H27F2N3O3S. The molecule has 2 aromatic rings. The molecule has 1 aliphatic heterocycles. The summed E-state index contributed by atoms with van der Waals surface area (Å²) in [5.41, 5.74) is 0.597. The first-order valence-electron chi connectivity index (χ1n) is 10.8. The highest BCUT2D eigenvalue weighted by Crippen LogP contribution is 2.16. The van der Waals surface area contributed by atoms with Crippen LogP contribution in [0.1, 0.15) is 29.8 Å². The highest BCUT2D eigenvalue weighted by atomic mass is 32.2. The topological polar surface area (TPSA) is 78.5 Å². The molecule has 0 aliphatic carbocycles. The molecule has 1 heterocycles. The zero-order valence-electron chi connectivity index (χ0n) is 18.6. The Morgan fingerprint density at radius 1 is 1.00 bits per heavy atom. The summed E-state index contributed by atoms with van der Waals surface area (Å²) in [5.74, 6) is -1.85. The van der Waals surface area contributed by atoms with E-state index in [1.165, 1.54) is 0 Å². The fourth-order valence-corrected chi connectivity index (χ4v) is 4.39. The summed E-state index contributed by atoms with van der Waals surface area (Å²) in [5, 5.41) is 5.14. The molecule has 2 aromatic carbocycles. The van der Waals surface area contributed by atoms with Crippen molar-refractivity contribution >= 4 is 35.2 Å². The fraction of sp³-hybridized carbons (Fsp3) is 0.375. The molecule has 1 aliphatic rings. The number of carbonyl (C=O) groups is 3. The Morgan fingerprint density at radius 3 is 2.18 bits per heavy atom. The van der Waals surface area contributed by atoms with Crippen molar-refractivity contribution in [3.63, 3.8) is 0 Å². The maximum Gasteiger partial charge on any atom is 0.257 e. The summed E-state index contributed by atoms with van der Waals surface area (Å²) < 4.78 is 27.8. The molecule has 3 amide bonds.